The van der Waals surface area contributed by atoms with Crippen molar-refractivity contribution < 1.29 is 9.59 Å². The van der Waals surface area contributed by atoms with Gasteiger partial charge < -0.3 is 10.2 Å². The lowest BCUT2D eigenvalue weighted by Gasteiger charge is -2.32. The van der Waals surface area contributed by atoms with Crippen LogP contribution < -0.4 is 5.32 Å². The number of nitrogens with one attached hydrogen (secondary N) is 1. The van der Waals surface area contributed by atoms with E-state index in [-0.39, 0.29) is 18.4 Å². The summed E-state index contributed by atoms with van der Waals surface area (Å²) in [4.78, 5) is 29.8. The topological polar surface area (TPSA) is 49.4 Å². The highest BCUT2D eigenvalue weighted by atomic mass is 35.5. The lowest BCUT2D eigenvalue weighted by molar-refractivity contribution is -0.141. The highest BCUT2D eigenvalue weighted by molar-refractivity contribution is 7.99. The molecule has 0 radical (unpaired) electrons. The van der Waals surface area contributed by atoms with E-state index in [1.165, 1.54) is 0 Å². The molecule has 0 aliphatic heterocycles. The van der Waals surface area contributed by atoms with Crippen LogP contribution in [0.3, 0.4) is 0 Å². The van der Waals surface area contributed by atoms with E-state index in [0.717, 1.165) is 28.9 Å². The van der Waals surface area contributed by atoms with E-state index >= 15 is 0 Å². The molecule has 0 spiro atoms. The molecular weight excluding hydrogens is 476 g/mol. The third-order valence-electron chi connectivity index (χ3n) is 5.73. The zero-order valence-corrected chi connectivity index (χ0v) is 21.7. The Balaban J connectivity index is 1.84. The zero-order chi connectivity index (χ0) is 24.9. The van der Waals surface area contributed by atoms with Gasteiger partial charge in [0.2, 0.25) is 11.8 Å². The van der Waals surface area contributed by atoms with Crippen molar-refractivity contribution in [1.82, 2.24) is 10.2 Å². The monoisotopic (exact) mass is 508 g/mol. The maximum atomic E-state index is 13.6. The Morgan fingerprint density at radius 1 is 0.943 bits per heavy atom. The van der Waals surface area contributed by atoms with Crippen molar-refractivity contribution in [3.8, 4) is 0 Å². The molecule has 1 N–H and O–H groups in total. The fourth-order valence-electron chi connectivity index (χ4n) is 3.79. The molecule has 0 aliphatic carbocycles. The van der Waals surface area contributed by atoms with Gasteiger partial charge in [-0.3, -0.25) is 9.59 Å². The number of halogens is 1. The van der Waals surface area contributed by atoms with E-state index in [1.54, 1.807) is 16.7 Å². The summed E-state index contributed by atoms with van der Waals surface area (Å²) < 4.78 is 0. The minimum Gasteiger partial charge on any atom is -0.354 e. The summed E-state index contributed by atoms with van der Waals surface area (Å²) in [5.41, 5.74) is 1.84. The number of benzene rings is 3. The Hall–Kier alpha value is -2.76. The molecule has 0 heterocycles. The number of hydrogen-bond donors (Lipinski definition) is 1. The SMILES string of the molecule is CCCCNC(=O)[C@@H](Cc1ccccc1)N(Cc1ccccc1Cl)C(=O)CCSc1ccccc1. The molecule has 2 amide bonds. The molecule has 0 aromatic heterocycles. The average molecular weight is 509 g/mol. The van der Waals surface area contributed by atoms with E-state index in [9.17, 15) is 9.59 Å². The van der Waals surface area contributed by atoms with Crippen LogP contribution in [-0.4, -0.2) is 35.1 Å². The van der Waals surface area contributed by atoms with Gasteiger partial charge >= 0.3 is 0 Å². The third-order valence-corrected chi connectivity index (χ3v) is 7.11. The van der Waals surface area contributed by atoms with Gasteiger partial charge in [-0.15, -0.1) is 11.8 Å². The van der Waals surface area contributed by atoms with Crippen LogP contribution in [0.25, 0.3) is 0 Å². The van der Waals surface area contributed by atoms with Crippen molar-refractivity contribution in [2.75, 3.05) is 12.3 Å². The molecule has 3 aromatic rings. The summed E-state index contributed by atoms with van der Waals surface area (Å²) in [6.45, 7) is 2.97. The largest absolute Gasteiger partial charge is 0.354 e. The lowest BCUT2D eigenvalue weighted by atomic mass is 10.0. The molecule has 0 saturated carbocycles. The van der Waals surface area contributed by atoms with Gasteiger partial charge in [0, 0.05) is 41.6 Å². The van der Waals surface area contributed by atoms with Crippen molar-refractivity contribution in [2.45, 2.75) is 50.1 Å². The second-order valence-corrected chi connectivity index (χ2v) is 9.95. The van der Waals surface area contributed by atoms with Crippen molar-refractivity contribution >= 4 is 35.2 Å². The first kappa shape index (κ1) is 26.8. The number of nitrogens with zero attached hydrogens (tertiary/aromatic N) is 1. The van der Waals surface area contributed by atoms with Crippen LogP contribution in [0.4, 0.5) is 0 Å². The smallest absolute Gasteiger partial charge is 0.243 e. The molecule has 3 aromatic carbocycles. The average Bonchev–Trinajstić information content (AvgIpc) is 2.88. The third kappa shape index (κ3) is 8.75. The molecule has 3 rings (SSSR count). The molecule has 0 unspecified atom stereocenters. The van der Waals surface area contributed by atoms with Crippen molar-refractivity contribution in [1.29, 1.82) is 0 Å². The number of amides is 2. The molecule has 0 saturated heterocycles. The Labute approximate surface area is 218 Å². The Morgan fingerprint density at radius 3 is 2.29 bits per heavy atom. The van der Waals surface area contributed by atoms with Crippen LogP contribution in [0, 0.1) is 0 Å². The van der Waals surface area contributed by atoms with E-state index in [4.69, 9.17) is 11.6 Å². The quantitative estimate of drug-likeness (QED) is 0.215. The lowest BCUT2D eigenvalue weighted by Crippen LogP contribution is -2.50. The maximum absolute atomic E-state index is 13.6. The predicted octanol–water partition coefficient (Wildman–Crippen LogP) is 6.38. The van der Waals surface area contributed by atoms with Crippen molar-refractivity contribution in [3.05, 3.63) is 101 Å². The molecule has 1 atom stereocenters. The Kier molecular flexibility index (Phi) is 11.2. The normalized spacial score (nSPS) is 11.6. The van der Waals surface area contributed by atoms with E-state index in [1.807, 2.05) is 84.9 Å². The summed E-state index contributed by atoms with van der Waals surface area (Å²) in [7, 11) is 0. The first-order valence-corrected chi connectivity index (χ1v) is 13.5. The minimum absolute atomic E-state index is 0.0556. The van der Waals surface area contributed by atoms with Crippen molar-refractivity contribution in [2.24, 2.45) is 0 Å². The van der Waals surface area contributed by atoms with E-state index in [0.29, 0.717) is 30.2 Å². The van der Waals surface area contributed by atoms with Gasteiger partial charge in [-0.2, -0.15) is 0 Å². The molecule has 0 aliphatic rings. The number of unbranched alkanes of at least 4 members (excludes halogenated alkanes) is 1. The number of carbonyl (C=O) groups is 2. The van der Waals surface area contributed by atoms with Crippen LogP contribution in [0.2, 0.25) is 5.02 Å². The molecule has 184 valence electrons. The molecular formula is C29H33ClN2O2S. The van der Waals surface area contributed by atoms with Crippen LogP contribution in [0.1, 0.15) is 37.3 Å². The molecule has 6 heteroatoms. The van der Waals surface area contributed by atoms with Crippen LogP contribution in [0.5, 0.6) is 0 Å². The number of thioether (sulfide) groups is 1. The second-order valence-electron chi connectivity index (χ2n) is 8.37. The predicted molar refractivity (Wildman–Crippen MR) is 146 cm³/mol. The number of hydrogen-bond acceptors (Lipinski definition) is 3. The van der Waals surface area contributed by atoms with Gasteiger partial charge in [-0.05, 0) is 35.7 Å². The summed E-state index contributed by atoms with van der Waals surface area (Å²) in [5, 5.41) is 3.64. The fourth-order valence-corrected chi connectivity index (χ4v) is 4.84. The van der Waals surface area contributed by atoms with Gasteiger partial charge in [-0.1, -0.05) is 91.7 Å². The van der Waals surface area contributed by atoms with Gasteiger partial charge in [0.05, 0.1) is 0 Å². The van der Waals surface area contributed by atoms with Crippen LogP contribution in [0.15, 0.2) is 89.8 Å². The summed E-state index contributed by atoms with van der Waals surface area (Å²) >= 11 is 8.10. The van der Waals surface area contributed by atoms with Gasteiger partial charge in [0.15, 0.2) is 0 Å². The molecule has 4 nitrogen and oxygen atoms in total. The summed E-state index contributed by atoms with van der Waals surface area (Å²) in [6, 6.07) is 26.8. The minimum atomic E-state index is -0.625. The van der Waals surface area contributed by atoms with Gasteiger partial charge in [0.1, 0.15) is 6.04 Å². The van der Waals surface area contributed by atoms with Gasteiger partial charge in [0.25, 0.3) is 0 Å². The second kappa shape index (κ2) is 14.6. The van der Waals surface area contributed by atoms with Crippen molar-refractivity contribution in [3.63, 3.8) is 0 Å². The van der Waals surface area contributed by atoms with E-state index < -0.39 is 6.04 Å². The first-order valence-electron chi connectivity index (χ1n) is 12.1. The van der Waals surface area contributed by atoms with E-state index in [2.05, 4.69) is 12.2 Å². The van der Waals surface area contributed by atoms with Gasteiger partial charge in [-0.25, -0.2) is 0 Å². The highest BCUT2D eigenvalue weighted by Gasteiger charge is 2.30. The Morgan fingerprint density at radius 2 is 1.60 bits per heavy atom. The Bertz CT molecular complexity index is 1060. The summed E-state index contributed by atoms with van der Waals surface area (Å²) in [5.74, 6) is 0.454. The van der Waals surface area contributed by atoms with Crippen LogP contribution in [-0.2, 0) is 22.6 Å². The fraction of sp³-hybridized carbons (Fsp3) is 0.310. The number of carbonyl (C=O) groups excluding carboxylic acids is 2. The standard InChI is InChI=1S/C29H33ClN2O2S/c1-2-3-19-31-29(34)27(21-23-12-6-4-7-13-23)32(22-24-14-10-11-17-26(24)30)28(33)18-20-35-25-15-8-5-9-16-25/h4-17,27H,2-3,18-22H2,1H3,(H,31,34)/t27-/m1/s1. The summed E-state index contributed by atoms with van der Waals surface area (Å²) in [6.07, 6.45) is 2.66. The molecule has 0 bridgehead atoms. The molecule has 35 heavy (non-hydrogen) atoms. The maximum Gasteiger partial charge on any atom is 0.243 e. The van der Waals surface area contributed by atoms with Crippen LogP contribution >= 0.6 is 23.4 Å². The highest BCUT2D eigenvalue weighted by Crippen LogP contribution is 2.23. The zero-order valence-electron chi connectivity index (χ0n) is 20.2. The number of rotatable bonds is 13. The first-order chi connectivity index (χ1) is 17.1. The molecule has 0 fully saturated rings.